The van der Waals surface area contributed by atoms with E-state index < -0.39 is 10.0 Å². The van der Waals surface area contributed by atoms with Gasteiger partial charge in [-0.05, 0) is 43.9 Å². The highest BCUT2D eigenvalue weighted by Crippen LogP contribution is 2.30. The number of nitrogens with one attached hydrogen (secondary N) is 1. The highest BCUT2D eigenvalue weighted by molar-refractivity contribution is 7.89. The maximum atomic E-state index is 12.2. The van der Waals surface area contributed by atoms with Gasteiger partial charge in [0.15, 0.2) is 0 Å². The molecule has 2 aliphatic rings. The maximum absolute atomic E-state index is 12.2. The van der Waals surface area contributed by atoms with E-state index in [1.807, 2.05) is 6.07 Å². The minimum atomic E-state index is -3.36. The highest BCUT2D eigenvalue weighted by Gasteiger charge is 2.31. The van der Waals surface area contributed by atoms with Gasteiger partial charge < -0.3 is 4.90 Å². The van der Waals surface area contributed by atoms with E-state index in [1.165, 1.54) is 12.8 Å². The van der Waals surface area contributed by atoms with Gasteiger partial charge in [-0.1, -0.05) is 18.2 Å². The van der Waals surface area contributed by atoms with Gasteiger partial charge in [0, 0.05) is 19.1 Å². The fraction of sp³-hybridized carbons (Fsp3) is 0.571. The molecule has 1 heterocycles. The SMILES string of the molecule is O=S(=O)(NC1CCN(CC2CC2)C1)c1ccccc1. The predicted octanol–water partition coefficient (Wildman–Crippen LogP) is 1.45. The number of hydrogen-bond donors (Lipinski definition) is 1. The Bertz CT molecular complexity index is 526. The van der Waals surface area contributed by atoms with E-state index >= 15 is 0 Å². The summed E-state index contributed by atoms with van der Waals surface area (Å²) in [5.41, 5.74) is 0. The zero-order valence-electron chi connectivity index (χ0n) is 11.0. The zero-order chi connectivity index (χ0) is 13.3. The normalized spacial score (nSPS) is 24.7. The first-order chi connectivity index (χ1) is 9.13. The van der Waals surface area contributed by atoms with Gasteiger partial charge >= 0.3 is 0 Å². The predicted molar refractivity (Wildman–Crippen MR) is 74.3 cm³/mol. The van der Waals surface area contributed by atoms with Crippen LogP contribution in [0.3, 0.4) is 0 Å². The van der Waals surface area contributed by atoms with Crippen molar-refractivity contribution in [2.45, 2.75) is 30.2 Å². The molecule has 0 radical (unpaired) electrons. The van der Waals surface area contributed by atoms with Crippen molar-refractivity contribution in [3.8, 4) is 0 Å². The van der Waals surface area contributed by atoms with E-state index in [0.717, 1.165) is 32.0 Å². The lowest BCUT2D eigenvalue weighted by Crippen LogP contribution is -2.37. The Balaban J connectivity index is 1.59. The van der Waals surface area contributed by atoms with Crippen LogP contribution in [0, 0.1) is 5.92 Å². The molecule has 1 aromatic carbocycles. The van der Waals surface area contributed by atoms with E-state index in [-0.39, 0.29) is 6.04 Å². The summed E-state index contributed by atoms with van der Waals surface area (Å²) in [5.74, 6) is 0.865. The van der Waals surface area contributed by atoms with Gasteiger partial charge in [0.2, 0.25) is 10.0 Å². The monoisotopic (exact) mass is 280 g/mol. The summed E-state index contributed by atoms with van der Waals surface area (Å²) in [4.78, 5) is 2.74. The van der Waals surface area contributed by atoms with Crippen molar-refractivity contribution in [1.29, 1.82) is 0 Å². The van der Waals surface area contributed by atoms with Gasteiger partial charge in [-0.25, -0.2) is 13.1 Å². The van der Waals surface area contributed by atoms with Crippen LogP contribution in [0.4, 0.5) is 0 Å². The van der Waals surface area contributed by atoms with E-state index in [9.17, 15) is 8.42 Å². The van der Waals surface area contributed by atoms with E-state index in [0.29, 0.717) is 4.90 Å². The molecule has 1 aromatic rings. The summed E-state index contributed by atoms with van der Waals surface area (Å²) in [6.07, 6.45) is 3.60. The molecule has 19 heavy (non-hydrogen) atoms. The second kappa shape index (κ2) is 5.23. The van der Waals surface area contributed by atoms with Crippen molar-refractivity contribution < 1.29 is 8.42 Å². The number of nitrogens with zero attached hydrogens (tertiary/aromatic N) is 1. The van der Waals surface area contributed by atoms with Crippen LogP contribution in [0.15, 0.2) is 35.2 Å². The molecule has 1 aliphatic carbocycles. The molecule has 2 fully saturated rings. The summed E-state index contributed by atoms with van der Waals surface area (Å²) < 4.78 is 27.2. The maximum Gasteiger partial charge on any atom is 0.240 e. The smallest absolute Gasteiger partial charge is 0.240 e. The molecule has 0 bridgehead atoms. The van der Waals surface area contributed by atoms with Crippen molar-refractivity contribution in [2.75, 3.05) is 19.6 Å². The Morgan fingerprint density at radius 2 is 1.89 bits per heavy atom. The molecule has 1 saturated carbocycles. The summed E-state index contributed by atoms with van der Waals surface area (Å²) in [6.45, 7) is 3.00. The fourth-order valence-corrected chi connectivity index (χ4v) is 3.93. The van der Waals surface area contributed by atoms with E-state index in [2.05, 4.69) is 9.62 Å². The number of rotatable bonds is 5. The molecule has 0 amide bonds. The van der Waals surface area contributed by atoms with E-state index in [4.69, 9.17) is 0 Å². The Morgan fingerprint density at radius 3 is 2.58 bits per heavy atom. The average molecular weight is 280 g/mol. The average Bonchev–Trinajstić information content (AvgIpc) is 3.10. The lowest BCUT2D eigenvalue weighted by Gasteiger charge is -2.16. The van der Waals surface area contributed by atoms with Crippen molar-refractivity contribution in [3.63, 3.8) is 0 Å². The van der Waals surface area contributed by atoms with Crippen LogP contribution in [0.2, 0.25) is 0 Å². The molecular weight excluding hydrogens is 260 g/mol. The van der Waals surface area contributed by atoms with Gasteiger partial charge in [-0.3, -0.25) is 0 Å². The first-order valence-electron chi connectivity index (χ1n) is 6.93. The van der Waals surface area contributed by atoms with Gasteiger partial charge in [-0.2, -0.15) is 0 Å². The lowest BCUT2D eigenvalue weighted by atomic mass is 10.3. The number of benzene rings is 1. The summed E-state index contributed by atoms with van der Waals surface area (Å²) >= 11 is 0. The molecule has 1 saturated heterocycles. The van der Waals surface area contributed by atoms with Crippen LogP contribution in [0.5, 0.6) is 0 Å². The molecule has 5 heteroatoms. The van der Waals surface area contributed by atoms with Crippen molar-refractivity contribution in [3.05, 3.63) is 30.3 Å². The third-order valence-electron chi connectivity index (χ3n) is 3.86. The first kappa shape index (κ1) is 13.1. The Morgan fingerprint density at radius 1 is 1.16 bits per heavy atom. The molecule has 1 aliphatic heterocycles. The third-order valence-corrected chi connectivity index (χ3v) is 5.40. The zero-order valence-corrected chi connectivity index (χ0v) is 11.8. The van der Waals surface area contributed by atoms with Crippen LogP contribution in [0.1, 0.15) is 19.3 Å². The lowest BCUT2D eigenvalue weighted by molar-refractivity contribution is 0.318. The largest absolute Gasteiger partial charge is 0.301 e. The van der Waals surface area contributed by atoms with Crippen LogP contribution >= 0.6 is 0 Å². The molecule has 1 unspecified atom stereocenters. The quantitative estimate of drug-likeness (QED) is 0.888. The van der Waals surface area contributed by atoms with Gasteiger partial charge in [0.1, 0.15) is 0 Å². The highest BCUT2D eigenvalue weighted by atomic mass is 32.2. The van der Waals surface area contributed by atoms with Crippen LogP contribution in [0.25, 0.3) is 0 Å². The first-order valence-corrected chi connectivity index (χ1v) is 8.41. The molecule has 104 valence electrons. The van der Waals surface area contributed by atoms with Crippen LogP contribution in [-0.2, 0) is 10.0 Å². The third kappa shape index (κ3) is 3.35. The summed E-state index contributed by atoms with van der Waals surface area (Å²) in [6, 6.07) is 8.67. The van der Waals surface area contributed by atoms with Crippen molar-refractivity contribution >= 4 is 10.0 Å². The van der Waals surface area contributed by atoms with Gasteiger partial charge in [0.05, 0.1) is 4.90 Å². The minimum absolute atomic E-state index is 0.0592. The van der Waals surface area contributed by atoms with E-state index in [1.54, 1.807) is 24.3 Å². The molecule has 3 rings (SSSR count). The molecule has 1 N–H and O–H groups in total. The number of sulfonamides is 1. The van der Waals surface area contributed by atoms with Crippen LogP contribution < -0.4 is 4.72 Å². The molecule has 1 atom stereocenters. The van der Waals surface area contributed by atoms with Crippen LogP contribution in [-0.4, -0.2) is 39.0 Å². The Kier molecular flexibility index (Phi) is 3.60. The van der Waals surface area contributed by atoms with Crippen molar-refractivity contribution in [1.82, 2.24) is 9.62 Å². The molecule has 0 aromatic heterocycles. The van der Waals surface area contributed by atoms with Crippen molar-refractivity contribution in [2.24, 2.45) is 5.92 Å². The van der Waals surface area contributed by atoms with Gasteiger partial charge in [-0.15, -0.1) is 0 Å². The van der Waals surface area contributed by atoms with Gasteiger partial charge in [0.25, 0.3) is 0 Å². The Hall–Kier alpha value is -0.910. The minimum Gasteiger partial charge on any atom is -0.301 e. The topological polar surface area (TPSA) is 49.4 Å². The second-order valence-corrected chi connectivity index (χ2v) is 7.34. The molecular formula is C14H20N2O2S. The fourth-order valence-electron chi connectivity index (χ4n) is 2.65. The number of likely N-dealkylation sites (tertiary alicyclic amines) is 1. The standard InChI is InChI=1S/C14H20N2O2S/c17-19(18,14-4-2-1-3-5-14)15-13-8-9-16(11-13)10-12-6-7-12/h1-5,12-13,15H,6-11H2. The Labute approximate surface area is 114 Å². The molecule has 0 spiro atoms. The summed E-state index contributed by atoms with van der Waals surface area (Å²) in [7, 11) is -3.36. The molecule has 4 nitrogen and oxygen atoms in total. The second-order valence-electron chi connectivity index (χ2n) is 5.62. The number of hydrogen-bond acceptors (Lipinski definition) is 3. The summed E-state index contributed by atoms with van der Waals surface area (Å²) in [5, 5.41) is 0.